The molecule has 0 unspecified atom stereocenters. The number of carbonyl (C=O) groups is 2. The van der Waals surface area contributed by atoms with Gasteiger partial charge in [0.05, 0.1) is 6.42 Å². The van der Waals surface area contributed by atoms with E-state index >= 15 is 0 Å². The molecule has 0 atom stereocenters. The zero-order chi connectivity index (χ0) is 21.5. The van der Waals surface area contributed by atoms with Crippen molar-refractivity contribution in [3.63, 3.8) is 0 Å². The number of hydrogen-bond donors (Lipinski definition) is 2. The third-order valence-corrected chi connectivity index (χ3v) is 5.04. The summed E-state index contributed by atoms with van der Waals surface area (Å²) in [6, 6.07) is 10.6. The van der Waals surface area contributed by atoms with Gasteiger partial charge in [0.2, 0.25) is 5.91 Å². The normalized spacial score (nSPS) is 14.2. The largest absolute Gasteiger partial charge is 0.454 e. The van der Waals surface area contributed by atoms with Crippen molar-refractivity contribution in [1.82, 2.24) is 15.1 Å². The summed E-state index contributed by atoms with van der Waals surface area (Å²) < 4.78 is 5.38. The summed E-state index contributed by atoms with van der Waals surface area (Å²) in [4.78, 5) is 32.3. The number of amides is 2. The van der Waals surface area contributed by atoms with Crippen molar-refractivity contribution < 1.29 is 14.0 Å². The molecule has 2 heterocycles. The summed E-state index contributed by atoms with van der Waals surface area (Å²) in [6.07, 6.45) is 0.343. The number of aliphatic imine (C=N–C) groups is 1. The van der Waals surface area contributed by atoms with Crippen molar-refractivity contribution in [1.29, 1.82) is 0 Å². The average Bonchev–Trinajstić information content (AvgIpc) is 3.21. The van der Waals surface area contributed by atoms with E-state index in [4.69, 9.17) is 21.8 Å². The van der Waals surface area contributed by atoms with E-state index < -0.39 is 5.91 Å². The summed E-state index contributed by atoms with van der Waals surface area (Å²) in [5.74, 6) is 0.923. The van der Waals surface area contributed by atoms with E-state index in [1.165, 1.54) is 0 Å². The van der Waals surface area contributed by atoms with Gasteiger partial charge in [0.15, 0.2) is 11.7 Å². The van der Waals surface area contributed by atoms with Gasteiger partial charge in [0, 0.05) is 37.7 Å². The molecule has 3 rings (SSSR count). The van der Waals surface area contributed by atoms with Crippen molar-refractivity contribution in [2.45, 2.75) is 19.9 Å². The Balaban J connectivity index is 0.00000341. The van der Waals surface area contributed by atoms with Crippen LogP contribution in [0.2, 0.25) is 5.02 Å². The van der Waals surface area contributed by atoms with Crippen LogP contribution in [0.15, 0.2) is 45.8 Å². The monoisotopic (exact) mass is 559 g/mol. The second-order valence-electron chi connectivity index (χ2n) is 6.97. The van der Waals surface area contributed by atoms with E-state index in [1.807, 2.05) is 30.0 Å². The molecular weight excluding hydrogens is 533 g/mol. The molecule has 0 spiro atoms. The maximum Gasteiger partial charge on any atom is 0.284 e. The van der Waals surface area contributed by atoms with Crippen LogP contribution in [0.25, 0.3) is 0 Å². The van der Waals surface area contributed by atoms with Crippen LogP contribution in [0.1, 0.15) is 28.8 Å². The molecule has 0 bridgehead atoms. The fourth-order valence-corrected chi connectivity index (χ4v) is 3.49. The average molecular weight is 560 g/mol. The molecule has 1 aliphatic heterocycles. The minimum absolute atomic E-state index is 0. The summed E-state index contributed by atoms with van der Waals surface area (Å²) in [5.41, 5.74) is 6.13. The maximum absolute atomic E-state index is 12.6. The van der Waals surface area contributed by atoms with E-state index in [0.717, 1.165) is 18.1 Å². The Morgan fingerprint density at radius 1 is 1.16 bits per heavy atom. The number of rotatable bonds is 6. The van der Waals surface area contributed by atoms with Crippen LogP contribution in [-0.2, 0) is 17.8 Å². The molecule has 168 valence electrons. The minimum atomic E-state index is -0.601. The Hall–Kier alpha value is -2.27. The van der Waals surface area contributed by atoms with Crippen LogP contribution in [0.4, 0.5) is 0 Å². The third-order valence-electron chi connectivity index (χ3n) is 4.80. The van der Waals surface area contributed by atoms with Gasteiger partial charge in [-0.25, -0.2) is 4.99 Å². The highest BCUT2D eigenvalue weighted by Crippen LogP contribution is 2.13. The summed E-state index contributed by atoms with van der Waals surface area (Å²) in [7, 11) is 0. The van der Waals surface area contributed by atoms with Gasteiger partial charge in [-0.1, -0.05) is 23.7 Å². The molecule has 1 fully saturated rings. The quantitative estimate of drug-likeness (QED) is 0.322. The lowest BCUT2D eigenvalue weighted by atomic mass is 10.1. The van der Waals surface area contributed by atoms with E-state index in [2.05, 4.69) is 15.2 Å². The van der Waals surface area contributed by atoms with Gasteiger partial charge in [-0.15, -0.1) is 24.0 Å². The maximum atomic E-state index is 12.6. The zero-order valence-corrected chi connectivity index (χ0v) is 20.4. The molecule has 1 aromatic carbocycles. The Kier molecular flexibility index (Phi) is 9.63. The predicted octanol–water partition coefficient (Wildman–Crippen LogP) is 2.50. The summed E-state index contributed by atoms with van der Waals surface area (Å²) in [5, 5.41) is 3.90. The van der Waals surface area contributed by atoms with Gasteiger partial charge in [-0.05, 0) is 36.8 Å². The fraction of sp³-hybridized carbons (Fsp3) is 0.381. The second kappa shape index (κ2) is 11.9. The second-order valence-corrected chi connectivity index (χ2v) is 7.41. The standard InChI is InChI=1S/C21H26ClN5O3.HI/c1-2-24-21(25-14-17-6-7-18(30-17)20(23)29)27-10-8-26(9-11-27)19(28)13-15-4-3-5-16(22)12-15;/h3-7,12H,2,8-11,13-14H2,1H3,(H2,23,29)(H,24,25);1H. The number of benzene rings is 1. The number of guanidine groups is 1. The lowest BCUT2D eigenvalue weighted by Crippen LogP contribution is -2.54. The molecule has 10 heteroatoms. The Bertz CT molecular complexity index is 925. The molecule has 0 saturated carbocycles. The van der Waals surface area contributed by atoms with Crippen molar-refractivity contribution in [3.05, 3.63) is 58.5 Å². The lowest BCUT2D eigenvalue weighted by Gasteiger charge is -2.36. The molecule has 0 aliphatic carbocycles. The van der Waals surface area contributed by atoms with Gasteiger partial charge >= 0.3 is 0 Å². The number of piperazine rings is 1. The van der Waals surface area contributed by atoms with E-state index in [9.17, 15) is 9.59 Å². The number of primary amides is 1. The van der Waals surface area contributed by atoms with Gasteiger partial charge in [-0.3, -0.25) is 9.59 Å². The molecular formula is C21H27ClIN5O3. The van der Waals surface area contributed by atoms with Gasteiger partial charge in [-0.2, -0.15) is 0 Å². The zero-order valence-electron chi connectivity index (χ0n) is 17.3. The number of nitrogens with zero attached hydrogens (tertiary/aromatic N) is 3. The molecule has 8 nitrogen and oxygen atoms in total. The van der Waals surface area contributed by atoms with Crippen LogP contribution < -0.4 is 11.1 Å². The van der Waals surface area contributed by atoms with Crippen molar-refractivity contribution in [3.8, 4) is 0 Å². The molecule has 1 aromatic heterocycles. The highest BCUT2D eigenvalue weighted by molar-refractivity contribution is 14.0. The summed E-state index contributed by atoms with van der Waals surface area (Å²) in [6.45, 7) is 5.61. The predicted molar refractivity (Wildman–Crippen MR) is 131 cm³/mol. The van der Waals surface area contributed by atoms with Gasteiger partial charge < -0.3 is 25.3 Å². The highest BCUT2D eigenvalue weighted by Gasteiger charge is 2.23. The van der Waals surface area contributed by atoms with Crippen molar-refractivity contribution >= 4 is 53.4 Å². The number of nitrogens with one attached hydrogen (secondary N) is 1. The fourth-order valence-electron chi connectivity index (χ4n) is 3.27. The molecule has 31 heavy (non-hydrogen) atoms. The number of nitrogens with two attached hydrogens (primary N) is 1. The molecule has 2 amide bonds. The Morgan fingerprint density at radius 3 is 2.48 bits per heavy atom. The highest BCUT2D eigenvalue weighted by atomic mass is 127. The number of halogens is 2. The van der Waals surface area contributed by atoms with Gasteiger partial charge in [0.1, 0.15) is 12.3 Å². The molecule has 1 saturated heterocycles. The van der Waals surface area contributed by atoms with Crippen molar-refractivity contribution in [2.75, 3.05) is 32.7 Å². The summed E-state index contributed by atoms with van der Waals surface area (Å²) >= 11 is 6.01. The first-order valence-corrected chi connectivity index (χ1v) is 10.3. The van der Waals surface area contributed by atoms with E-state index in [1.54, 1.807) is 18.2 Å². The van der Waals surface area contributed by atoms with Crippen LogP contribution in [0.3, 0.4) is 0 Å². The van der Waals surface area contributed by atoms with Crippen molar-refractivity contribution in [2.24, 2.45) is 10.7 Å². The number of hydrogen-bond acceptors (Lipinski definition) is 4. The smallest absolute Gasteiger partial charge is 0.284 e. The molecule has 1 aliphatic rings. The van der Waals surface area contributed by atoms with E-state index in [0.29, 0.717) is 49.9 Å². The lowest BCUT2D eigenvalue weighted by molar-refractivity contribution is -0.131. The first kappa shape index (κ1) is 25.0. The molecule has 2 aromatic rings. The molecule has 0 radical (unpaired) electrons. The van der Waals surface area contributed by atoms with Crippen LogP contribution in [0.5, 0.6) is 0 Å². The SMILES string of the molecule is CCNC(=NCc1ccc(C(N)=O)o1)N1CCN(C(=O)Cc2cccc(Cl)c2)CC1.I. The van der Waals surface area contributed by atoms with Crippen LogP contribution in [0, 0.1) is 0 Å². The number of furan rings is 1. The Labute approximate surface area is 203 Å². The van der Waals surface area contributed by atoms with Crippen LogP contribution in [-0.4, -0.2) is 60.3 Å². The number of carbonyl (C=O) groups excluding carboxylic acids is 2. The topological polar surface area (TPSA) is 104 Å². The molecule has 3 N–H and O–H groups in total. The first-order chi connectivity index (χ1) is 14.5. The third kappa shape index (κ3) is 7.13. The first-order valence-electron chi connectivity index (χ1n) is 9.90. The van der Waals surface area contributed by atoms with Gasteiger partial charge in [0.25, 0.3) is 5.91 Å². The van der Waals surface area contributed by atoms with E-state index in [-0.39, 0.29) is 35.6 Å². The van der Waals surface area contributed by atoms with Crippen LogP contribution >= 0.6 is 35.6 Å². The Morgan fingerprint density at radius 2 is 1.87 bits per heavy atom. The minimum Gasteiger partial charge on any atom is -0.454 e.